The van der Waals surface area contributed by atoms with E-state index in [0.717, 1.165) is 61.8 Å². The van der Waals surface area contributed by atoms with Crippen LogP contribution in [0.5, 0.6) is 5.75 Å². The highest BCUT2D eigenvalue weighted by Crippen LogP contribution is 2.13. The number of aryl methyl sites for hydroxylation is 1. The Morgan fingerprint density at radius 2 is 2.00 bits per heavy atom. The summed E-state index contributed by atoms with van der Waals surface area (Å²) in [4.78, 5) is 8.88. The molecule has 1 aromatic carbocycles. The van der Waals surface area contributed by atoms with Crippen LogP contribution in [0, 0.1) is 6.92 Å². The largest absolute Gasteiger partial charge is 0.491 e. The van der Waals surface area contributed by atoms with E-state index >= 15 is 0 Å². The zero-order valence-electron chi connectivity index (χ0n) is 17.3. The number of aliphatic hydroxyl groups excluding tert-OH is 1. The molecule has 0 aliphatic carbocycles. The van der Waals surface area contributed by atoms with Crippen LogP contribution < -0.4 is 10.1 Å². The van der Waals surface area contributed by atoms with Crippen LogP contribution in [0.3, 0.4) is 0 Å². The monoisotopic (exact) mass is 420 g/mol. The van der Waals surface area contributed by atoms with E-state index in [-0.39, 0.29) is 0 Å². The van der Waals surface area contributed by atoms with Crippen molar-refractivity contribution in [3.63, 3.8) is 0 Å². The number of aliphatic hydroxyl groups is 1. The van der Waals surface area contributed by atoms with Gasteiger partial charge in [0.25, 0.3) is 0 Å². The Labute approximate surface area is 177 Å². The van der Waals surface area contributed by atoms with Crippen molar-refractivity contribution in [2.75, 3.05) is 58.7 Å². The molecule has 9 heteroatoms. The van der Waals surface area contributed by atoms with Crippen LogP contribution in [-0.4, -0.2) is 94.9 Å². The van der Waals surface area contributed by atoms with Crippen LogP contribution in [0.15, 0.2) is 29.4 Å². The summed E-state index contributed by atoms with van der Waals surface area (Å²) in [6, 6.07) is 8.04. The number of likely N-dealkylation sites (N-methyl/N-ethyl adjacent to an activating group) is 1. The van der Waals surface area contributed by atoms with Gasteiger partial charge in [0, 0.05) is 51.6 Å². The molecule has 1 atom stereocenters. The summed E-state index contributed by atoms with van der Waals surface area (Å²) in [7, 11) is 2.13. The van der Waals surface area contributed by atoms with Crippen molar-refractivity contribution in [3.05, 3.63) is 35.7 Å². The van der Waals surface area contributed by atoms with E-state index in [4.69, 9.17) is 4.74 Å². The van der Waals surface area contributed by atoms with Crippen LogP contribution in [0.2, 0.25) is 0 Å². The molecule has 0 saturated carbocycles. The van der Waals surface area contributed by atoms with Gasteiger partial charge in [0.05, 0.1) is 0 Å². The number of H-pyrrole nitrogens is 1. The minimum Gasteiger partial charge on any atom is -0.491 e. The SMILES string of the molecule is Cc1nc(SCCNCc2ccc(OCC(O)CN3CCN(C)CC3)cc2)n[nH]1. The standard InChI is InChI=1S/C20H32N6O2S/c1-16-22-20(24-23-16)29-12-7-21-13-17-3-5-19(6-4-17)28-15-18(27)14-26-10-8-25(2)9-11-26/h3-6,18,21,27H,7-15H2,1-2H3,(H,22,23,24). The highest BCUT2D eigenvalue weighted by Gasteiger charge is 2.17. The molecule has 3 rings (SSSR count). The van der Waals surface area contributed by atoms with Gasteiger partial charge in [-0.15, -0.1) is 5.10 Å². The fourth-order valence-corrected chi connectivity index (χ4v) is 3.85. The number of aromatic amines is 1. The minimum absolute atomic E-state index is 0.321. The first-order valence-electron chi connectivity index (χ1n) is 10.1. The van der Waals surface area contributed by atoms with Gasteiger partial charge in [0.15, 0.2) is 0 Å². The van der Waals surface area contributed by atoms with Crippen molar-refractivity contribution >= 4 is 11.8 Å². The number of nitrogens with zero attached hydrogens (tertiary/aromatic N) is 4. The molecule has 1 unspecified atom stereocenters. The molecule has 1 aliphatic rings. The predicted molar refractivity (Wildman–Crippen MR) is 115 cm³/mol. The van der Waals surface area contributed by atoms with Crippen molar-refractivity contribution in [1.29, 1.82) is 0 Å². The highest BCUT2D eigenvalue weighted by molar-refractivity contribution is 7.99. The lowest BCUT2D eigenvalue weighted by Crippen LogP contribution is -2.47. The predicted octanol–water partition coefficient (Wildman–Crippen LogP) is 0.982. The van der Waals surface area contributed by atoms with Gasteiger partial charge in [-0.1, -0.05) is 23.9 Å². The van der Waals surface area contributed by atoms with E-state index in [0.29, 0.717) is 13.2 Å². The number of β-amino-alcohol motifs (C(OH)–C–C–N with tert-alkyl or cyclic N) is 1. The quantitative estimate of drug-likeness (QED) is 0.366. The second-order valence-corrected chi connectivity index (χ2v) is 8.50. The third-order valence-electron chi connectivity index (χ3n) is 4.85. The Bertz CT molecular complexity index is 718. The van der Waals surface area contributed by atoms with Crippen LogP contribution in [0.25, 0.3) is 0 Å². The lowest BCUT2D eigenvalue weighted by molar-refractivity contribution is 0.0505. The normalized spacial score (nSPS) is 16.8. The molecular weight excluding hydrogens is 388 g/mol. The first-order chi connectivity index (χ1) is 14.1. The first kappa shape index (κ1) is 22.0. The number of aromatic nitrogens is 3. The summed E-state index contributed by atoms with van der Waals surface area (Å²) in [5, 5.41) is 21.4. The maximum Gasteiger partial charge on any atom is 0.208 e. The lowest BCUT2D eigenvalue weighted by atomic mass is 10.2. The van der Waals surface area contributed by atoms with E-state index < -0.39 is 6.10 Å². The number of nitrogens with one attached hydrogen (secondary N) is 2. The van der Waals surface area contributed by atoms with Gasteiger partial charge in [0.2, 0.25) is 5.16 Å². The number of benzene rings is 1. The van der Waals surface area contributed by atoms with Crippen LogP contribution in [0.4, 0.5) is 0 Å². The molecule has 1 fully saturated rings. The van der Waals surface area contributed by atoms with E-state index in [1.165, 1.54) is 5.56 Å². The zero-order chi connectivity index (χ0) is 20.5. The van der Waals surface area contributed by atoms with Crippen molar-refractivity contribution < 1.29 is 9.84 Å². The van der Waals surface area contributed by atoms with Crippen LogP contribution in [-0.2, 0) is 6.54 Å². The number of hydrogen-bond donors (Lipinski definition) is 3. The third-order valence-corrected chi connectivity index (χ3v) is 5.70. The fraction of sp³-hybridized carbons (Fsp3) is 0.600. The fourth-order valence-electron chi connectivity index (χ4n) is 3.11. The summed E-state index contributed by atoms with van der Waals surface area (Å²) in [5.41, 5.74) is 1.20. The second-order valence-electron chi connectivity index (χ2n) is 7.44. The number of ether oxygens (including phenoxy) is 1. The summed E-state index contributed by atoms with van der Waals surface area (Å²) < 4.78 is 5.75. The summed E-state index contributed by atoms with van der Waals surface area (Å²) in [6.07, 6.45) is -0.468. The average molecular weight is 421 g/mol. The zero-order valence-corrected chi connectivity index (χ0v) is 18.1. The summed E-state index contributed by atoms with van der Waals surface area (Å²) in [6.45, 7) is 8.70. The van der Waals surface area contributed by atoms with Crippen molar-refractivity contribution in [2.45, 2.75) is 24.7 Å². The molecule has 2 aromatic rings. The van der Waals surface area contributed by atoms with Crippen molar-refractivity contribution in [3.8, 4) is 5.75 Å². The van der Waals surface area contributed by atoms with Gasteiger partial charge < -0.3 is 20.1 Å². The Balaban J connectivity index is 1.28. The first-order valence-corrected chi connectivity index (χ1v) is 11.1. The van der Waals surface area contributed by atoms with Gasteiger partial charge in [-0.25, -0.2) is 4.98 Å². The molecule has 0 spiro atoms. The Morgan fingerprint density at radius 3 is 2.69 bits per heavy atom. The van der Waals surface area contributed by atoms with Gasteiger partial charge in [0.1, 0.15) is 24.3 Å². The molecule has 8 nitrogen and oxygen atoms in total. The number of rotatable bonds is 11. The molecule has 0 radical (unpaired) electrons. The number of piperazine rings is 1. The van der Waals surface area contributed by atoms with E-state index in [2.05, 4.69) is 49.5 Å². The summed E-state index contributed by atoms with van der Waals surface area (Å²) >= 11 is 1.64. The van der Waals surface area contributed by atoms with Gasteiger partial charge in [-0.2, -0.15) is 0 Å². The van der Waals surface area contributed by atoms with Gasteiger partial charge in [-0.3, -0.25) is 10.00 Å². The molecule has 1 aliphatic heterocycles. The Morgan fingerprint density at radius 1 is 1.24 bits per heavy atom. The maximum atomic E-state index is 10.2. The molecule has 0 bridgehead atoms. The van der Waals surface area contributed by atoms with Crippen LogP contribution >= 0.6 is 11.8 Å². The smallest absolute Gasteiger partial charge is 0.208 e. The Hall–Kier alpha value is -1.65. The lowest BCUT2D eigenvalue weighted by Gasteiger charge is -2.33. The Kier molecular flexibility index (Phi) is 8.75. The second kappa shape index (κ2) is 11.5. The molecule has 29 heavy (non-hydrogen) atoms. The third kappa shape index (κ3) is 7.94. The molecule has 160 valence electrons. The molecule has 3 N–H and O–H groups in total. The molecule has 1 saturated heterocycles. The number of thioether (sulfide) groups is 1. The van der Waals surface area contributed by atoms with Gasteiger partial charge in [-0.05, 0) is 31.7 Å². The van der Waals surface area contributed by atoms with Gasteiger partial charge >= 0.3 is 0 Å². The van der Waals surface area contributed by atoms with E-state index in [1.54, 1.807) is 11.8 Å². The van der Waals surface area contributed by atoms with Crippen molar-refractivity contribution in [1.82, 2.24) is 30.3 Å². The molecular formula is C20H32N6O2S. The maximum absolute atomic E-state index is 10.2. The van der Waals surface area contributed by atoms with E-state index in [9.17, 15) is 5.11 Å². The number of hydrogen-bond acceptors (Lipinski definition) is 8. The molecule has 2 heterocycles. The topological polar surface area (TPSA) is 89.5 Å². The minimum atomic E-state index is -0.468. The van der Waals surface area contributed by atoms with Crippen LogP contribution in [0.1, 0.15) is 11.4 Å². The van der Waals surface area contributed by atoms with Crippen molar-refractivity contribution in [2.24, 2.45) is 0 Å². The average Bonchev–Trinajstić information content (AvgIpc) is 3.14. The highest BCUT2D eigenvalue weighted by atomic mass is 32.2. The summed E-state index contributed by atoms with van der Waals surface area (Å²) in [5.74, 6) is 2.56. The molecule has 0 amide bonds. The van der Waals surface area contributed by atoms with E-state index in [1.807, 2.05) is 19.1 Å². The molecule has 1 aromatic heterocycles.